The normalized spacial score (nSPS) is 15.2. The van der Waals surface area contributed by atoms with Gasteiger partial charge in [-0.2, -0.15) is 5.10 Å². The number of nitrogens with one attached hydrogen (secondary N) is 3. The van der Waals surface area contributed by atoms with Crippen molar-refractivity contribution in [1.82, 2.24) is 16.1 Å². The maximum Gasteiger partial charge on any atom is 0.337 e. The molecule has 0 unspecified atom stereocenters. The van der Waals surface area contributed by atoms with Gasteiger partial charge >= 0.3 is 12.0 Å². The van der Waals surface area contributed by atoms with E-state index < -0.39 is 24.3 Å². The molecule has 0 saturated heterocycles. The van der Waals surface area contributed by atoms with E-state index in [2.05, 4.69) is 59.7 Å². The number of carbonyl (C=O) groups excluding carboxylic acids is 2. The number of urea groups is 1. The largest absolute Gasteiger partial charge is 0.490 e. The molecule has 0 bridgehead atoms. The van der Waals surface area contributed by atoms with E-state index in [1.54, 1.807) is 37.3 Å². The lowest BCUT2D eigenvalue weighted by molar-refractivity contribution is -0.136. The zero-order valence-corrected chi connectivity index (χ0v) is 30.1. The molecular weight excluding hydrogens is 818 g/mol. The summed E-state index contributed by atoms with van der Waals surface area (Å²) >= 11 is 17.8. The van der Waals surface area contributed by atoms with Crippen LogP contribution in [0.3, 0.4) is 0 Å². The number of rotatable bonds is 13. The van der Waals surface area contributed by atoms with E-state index in [-0.39, 0.29) is 18.8 Å². The van der Waals surface area contributed by atoms with Crippen molar-refractivity contribution < 1.29 is 33.6 Å². The molecule has 0 spiro atoms. The maximum atomic E-state index is 12.5. The minimum absolute atomic E-state index is 0.177. The van der Waals surface area contributed by atoms with Gasteiger partial charge in [0.25, 0.3) is 0 Å². The van der Waals surface area contributed by atoms with Crippen molar-refractivity contribution in [2.45, 2.75) is 32.7 Å². The molecule has 1 aliphatic rings. The summed E-state index contributed by atoms with van der Waals surface area (Å²) in [6.45, 7) is 3.83. The number of hydrogen-bond donors (Lipinski definition) is 4. The molecule has 0 saturated carbocycles. The number of hydrazone groups is 1. The van der Waals surface area contributed by atoms with Crippen LogP contribution in [0.15, 0.2) is 69.4 Å². The third-order valence-electron chi connectivity index (χ3n) is 6.50. The van der Waals surface area contributed by atoms with E-state index in [0.717, 1.165) is 13.6 Å². The van der Waals surface area contributed by atoms with Crippen LogP contribution in [0.1, 0.15) is 36.6 Å². The molecule has 4 N–H and O–H groups in total. The number of aliphatic hydroxyl groups is 1. The van der Waals surface area contributed by atoms with E-state index in [4.69, 9.17) is 42.1 Å². The van der Waals surface area contributed by atoms with Gasteiger partial charge in [-0.3, -0.25) is 5.43 Å². The molecule has 1 aliphatic heterocycles. The van der Waals surface area contributed by atoms with Crippen LogP contribution in [0, 0.1) is 3.57 Å². The highest BCUT2D eigenvalue weighted by atomic mass is 127. The number of carbonyl (C=O) groups is 2. The average molecular weight is 848 g/mol. The fourth-order valence-corrected chi connectivity index (χ4v) is 6.46. The average Bonchev–Trinajstić information content (AvgIpc) is 3.01. The Morgan fingerprint density at radius 2 is 1.91 bits per heavy atom. The Balaban J connectivity index is 1.43. The summed E-state index contributed by atoms with van der Waals surface area (Å²) in [6, 6.07) is 12.8. The van der Waals surface area contributed by atoms with Gasteiger partial charge in [-0.15, -0.1) is 0 Å². The summed E-state index contributed by atoms with van der Waals surface area (Å²) in [5, 5.41) is 21.0. The molecule has 0 aliphatic carbocycles. The summed E-state index contributed by atoms with van der Waals surface area (Å²) in [6.07, 6.45) is 0.347. The Labute approximate surface area is 297 Å². The minimum Gasteiger partial charge on any atom is -0.490 e. The molecule has 3 aromatic carbocycles. The van der Waals surface area contributed by atoms with Gasteiger partial charge < -0.3 is 34.7 Å². The number of esters is 1. The number of hydrogen-bond acceptors (Lipinski definition) is 9. The fraction of sp³-hybridized carbons (Fsp3) is 0.258. The summed E-state index contributed by atoms with van der Waals surface area (Å²) in [5.41, 5.74) is 5.38. The van der Waals surface area contributed by atoms with Crippen molar-refractivity contribution in [1.29, 1.82) is 0 Å². The molecule has 244 valence electrons. The first kappa shape index (κ1) is 35.6. The van der Waals surface area contributed by atoms with Crippen LogP contribution < -0.4 is 30.3 Å². The van der Waals surface area contributed by atoms with Gasteiger partial charge in [0.1, 0.15) is 19.0 Å². The summed E-state index contributed by atoms with van der Waals surface area (Å²) in [5.74, 6) is 0.720. The Kier molecular flexibility index (Phi) is 12.8. The zero-order valence-electron chi connectivity index (χ0n) is 24.8. The monoisotopic (exact) mass is 846 g/mol. The summed E-state index contributed by atoms with van der Waals surface area (Å²) < 4.78 is 24.3. The van der Waals surface area contributed by atoms with E-state index in [1.165, 1.54) is 13.3 Å². The standard InChI is InChI=1S/C31H30BrCl2IN4O7/c1-4-44-25-11-18(28-27(30(41)43-3)16(2)37-31(42)38-28)6-8-24(25)45-15-26(40)39-36-13-19-10-20(32)12-23(35)29(19)46-14-17-5-7-21(33)22(34)9-17/h5-13,26,28,39-40H,4,14-15H2,1-3H3,(H2,37,38,42)/b36-13+/t26-,28-/m1/s1. The number of aliphatic hydroxyl groups excluding tert-OH is 1. The van der Waals surface area contributed by atoms with E-state index in [9.17, 15) is 14.7 Å². The molecule has 15 heteroatoms. The molecule has 1 heterocycles. The number of amides is 2. The Bertz CT molecular complexity index is 1670. The summed E-state index contributed by atoms with van der Waals surface area (Å²) in [7, 11) is 1.27. The van der Waals surface area contributed by atoms with Crippen molar-refractivity contribution in [3.05, 3.63) is 94.6 Å². The third kappa shape index (κ3) is 9.18. The topological polar surface area (TPSA) is 140 Å². The Hall–Kier alpha value is -3.24. The second-order valence-corrected chi connectivity index (χ2v) is 12.7. The van der Waals surface area contributed by atoms with Crippen molar-refractivity contribution in [2.75, 3.05) is 20.3 Å². The molecule has 46 heavy (non-hydrogen) atoms. The molecule has 0 fully saturated rings. The molecule has 2 amide bonds. The first-order valence-corrected chi connectivity index (χ1v) is 16.4. The number of ether oxygens (including phenoxy) is 4. The predicted octanol–water partition coefficient (Wildman–Crippen LogP) is 6.46. The highest BCUT2D eigenvalue weighted by Crippen LogP contribution is 2.35. The lowest BCUT2D eigenvalue weighted by Crippen LogP contribution is -2.45. The number of benzene rings is 3. The minimum atomic E-state index is -1.18. The Morgan fingerprint density at radius 3 is 2.63 bits per heavy atom. The quantitative estimate of drug-likeness (QED) is 0.0506. The van der Waals surface area contributed by atoms with Crippen molar-refractivity contribution >= 4 is 79.9 Å². The van der Waals surface area contributed by atoms with Crippen molar-refractivity contribution in [3.8, 4) is 17.2 Å². The second-order valence-electron chi connectivity index (χ2n) is 9.76. The SMILES string of the molecule is CCOc1cc([C@H]2NC(=O)NC(C)=C2C(=O)OC)ccc1OC[C@@H](O)N/N=C/c1cc(Br)cc(I)c1OCc1ccc(Cl)c(Cl)c1. The van der Waals surface area contributed by atoms with Crippen molar-refractivity contribution in [2.24, 2.45) is 5.10 Å². The van der Waals surface area contributed by atoms with Gasteiger partial charge in [-0.05, 0) is 84.0 Å². The lowest BCUT2D eigenvalue weighted by atomic mass is 9.95. The van der Waals surface area contributed by atoms with E-state index >= 15 is 0 Å². The van der Waals surface area contributed by atoms with Gasteiger partial charge in [0.05, 0.1) is 45.2 Å². The molecule has 0 radical (unpaired) electrons. The molecular formula is C31H30BrCl2IN4O7. The number of halogens is 4. The molecule has 0 aromatic heterocycles. The van der Waals surface area contributed by atoms with E-state index in [0.29, 0.717) is 50.7 Å². The predicted molar refractivity (Wildman–Crippen MR) is 187 cm³/mol. The van der Waals surface area contributed by atoms with Crippen molar-refractivity contribution in [3.63, 3.8) is 0 Å². The van der Waals surface area contributed by atoms with Crippen LogP contribution in [0.4, 0.5) is 4.79 Å². The molecule has 4 rings (SSSR count). The molecule has 3 aromatic rings. The number of nitrogens with zero attached hydrogens (tertiary/aromatic N) is 1. The fourth-order valence-electron chi connectivity index (χ4n) is 4.43. The van der Waals surface area contributed by atoms with Crippen LogP contribution in [-0.4, -0.2) is 49.9 Å². The highest BCUT2D eigenvalue weighted by Gasteiger charge is 2.32. The highest BCUT2D eigenvalue weighted by molar-refractivity contribution is 14.1. The first-order chi connectivity index (χ1) is 22.0. The van der Waals surface area contributed by atoms with Crippen LogP contribution in [0.5, 0.6) is 17.2 Å². The third-order valence-corrected chi connectivity index (χ3v) is 8.50. The van der Waals surface area contributed by atoms with Gasteiger partial charge in [-0.25, -0.2) is 9.59 Å². The zero-order chi connectivity index (χ0) is 33.4. The van der Waals surface area contributed by atoms with Gasteiger partial charge in [0.15, 0.2) is 17.7 Å². The lowest BCUT2D eigenvalue weighted by Gasteiger charge is -2.28. The van der Waals surface area contributed by atoms with Crippen LogP contribution in [0.2, 0.25) is 10.0 Å². The Morgan fingerprint density at radius 1 is 1.13 bits per heavy atom. The van der Waals surface area contributed by atoms with Crippen LogP contribution in [-0.2, 0) is 16.1 Å². The maximum absolute atomic E-state index is 12.5. The first-order valence-electron chi connectivity index (χ1n) is 13.8. The molecule has 2 atom stereocenters. The second kappa shape index (κ2) is 16.5. The van der Waals surface area contributed by atoms with Crippen LogP contribution in [0.25, 0.3) is 0 Å². The van der Waals surface area contributed by atoms with E-state index in [1.807, 2.05) is 25.1 Å². The smallest absolute Gasteiger partial charge is 0.337 e. The number of allylic oxidation sites excluding steroid dienone is 1. The van der Waals surface area contributed by atoms with Gasteiger partial charge in [-0.1, -0.05) is 51.3 Å². The van der Waals surface area contributed by atoms with Gasteiger partial charge in [0, 0.05) is 15.7 Å². The summed E-state index contributed by atoms with van der Waals surface area (Å²) in [4.78, 5) is 24.7. The number of methoxy groups -OCH3 is 1. The van der Waals surface area contributed by atoms with Gasteiger partial charge in [0.2, 0.25) is 0 Å². The van der Waals surface area contributed by atoms with Crippen LogP contribution >= 0.6 is 61.7 Å². The molecule has 11 nitrogen and oxygen atoms in total.